The highest BCUT2D eigenvalue weighted by Crippen LogP contribution is 2.26. The predicted octanol–water partition coefficient (Wildman–Crippen LogP) is 2.67. The van der Waals surface area contributed by atoms with Crippen molar-refractivity contribution >= 4 is 27.2 Å². The van der Waals surface area contributed by atoms with Gasteiger partial charge in [0.25, 0.3) is 5.69 Å². The fourth-order valence-electron chi connectivity index (χ4n) is 1.13. The van der Waals surface area contributed by atoms with Gasteiger partial charge in [0.1, 0.15) is 11.7 Å². The summed E-state index contributed by atoms with van der Waals surface area (Å²) in [6.07, 6.45) is 0. The van der Waals surface area contributed by atoms with Crippen LogP contribution in [0.5, 0.6) is 0 Å². The number of rotatable bonds is 2. The topological polar surface area (TPSA) is 56.0 Å². The van der Waals surface area contributed by atoms with Crippen LogP contribution in [0.4, 0.5) is 10.1 Å². The van der Waals surface area contributed by atoms with Gasteiger partial charge >= 0.3 is 0 Å². The molecule has 0 amide bonds. The molecule has 0 unspecified atom stereocenters. The number of fused-ring (bicyclic) bond motifs is 1. The first-order chi connectivity index (χ1) is 6.70. The van der Waals surface area contributed by atoms with Gasteiger partial charge in [-0.1, -0.05) is 0 Å². The molecule has 2 rings (SSSR count). The number of thiazole rings is 1. The lowest BCUT2D eigenvalue weighted by atomic mass is 10.3. The largest absolute Gasteiger partial charge is 0.270 e. The Labute approximate surface area is 82.2 Å². The van der Waals surface area contributed by atoms with Crippen molar-refractivity contribution in [2.45, 2.75) is 6.67 Å². The standard InChI is InChI=1S/C8H5FN2O2S/c9-4-8-10-6-2-1-5(11(12)13)3-7(6)14-8/h1-3H,4H2. The van der Waals surface area contributed by atoms with Crippen LogP contribution >= 0.6 is 11.3 Å². The molecule has 6 heteroatoms. The average Bonchev–Trinajstić information content (AvgIpc) is 2.58. The van der Waals surface area contributed by atoms with Gasteiger partial charge < -0.3 is 0 Å². The summed E-state index contributed by atoms with van der Waals surface area (Å²) in [5, 5.41) is 10.8. The van der Waals surface area contributed by atoms with Gasteiger partial charge in [0.05, 0.1) is 15.1 Å². The summed E-state index contributed by atoms with van der Waals surface area (Å²) in [5.74, 6) is 0. The number of halogens is 1. The van der Waals surface area contributed by atoms with Crippen LogP contribution in [0.25, 0.3) is 10.2 Å². The van der Waals surface area contributed by atoms with Crippen molar-refractivity contribution < 1.29 is 9.31 Å². The quantitative estimate of drug-likeness (QED) is 0.568. The van der Waals surface area contributed by atoms with Gasteiger partial charge in [-0.3, -0.25) is 10.1 Å². The minimum absolute atomic E-state index is 0.00607. The highest BCUT2D eigenvalue weighted by molar-refractivity contribution is 7.18. The van der Waals surface area contributed by atoms with Crippen molar-refractivity contribution in [3.05, 3.63) is 33.3 Å². The molecule has 1 aromatic heterocycles. The molecule has 0 N–H and O–H groups in total. The fourth-order valence-corrected chi connectivity index (χ4v) is 1.98. The number of nitro groups is 1. The minimum Gasteiger partial charge on any atom is -0.258 e. The summed E-state index contributed by atoms with van der Waals surface area (Å²) < 4.78 is 12.9. The van der Waals surface area contributed by atoms with Crippen molar-refractivity contribution in [3.63, 3.8) is 0 Å². The number of nitrogens with zero attached hydrogens (tertiary/aromatic N) is 2. The number of benzene rings is 1. The van der Waals surface area contributed by atoms with E-state index in [-0.39, 0.29) is 5.69 Å². The van der Waals surface area contributed by atoms with Gasteiger partial charge in [0.15, 0.2) is 0 Å². The first kappa shape index (κ1) is 9.01. The lowest BCUT2D eigenvalue weighted by Crippen LogP contribution is -1.85. The van der Waals surface area contributed by atoms with Gasteiger partial charge in [0.2, 0.25) is 0 Å². The van der Waals surface area contributed by atoms with Crippen molar-refractivity contribution in [2.75, 3.05) is 0 Å². The second kappa shape index (κ2) is 3.30. The van der Waals surface area contributed by atoms with E-state index in [1.54, 1.807) is 0 Å². The van der Waals surface area contributed by atoms with Crippen molar-refractivity contribution in [3.8, 4) is 0 Å². The molecule has 0 bridgehead atoms. The maximum Gasteiger partial charge on any atom is 0.270 e. The van der Waals surface area contributed by atoms with Crippen LogP contribution < -0.4 is 0 Å². The monoisotopic (exact) mass is 212 g/mol. The number of nitro benzene ring substituents is 1. The molecule has 0 atom stereocenters. The predicted molar refractivity (Wildman–Crippen MR) is 51.1 cm³/mol. The molecule has 14 heavy (non-hydrogen) atoms. The highest BCUT2D eigenvalue weighted by atomic mass is 32.1. The second-order valence-electron chi connectivity index (χ2n) is 2.65. The smallest absolute Gasteiger partial charge is 0.258 e. The van der Waals surface area contributed by atoms with E-state index in [9.17, 15) is 14.5 Å². The van der Waals surface area contributed by atoms with Crippen molar-refractivity contribution in [1.82, 2.24) is 4.98 Å². The molecule has 0 fully saturated rings. The Morgan fingerprint density at radius 3 is 3.00 bits per heavy atom. The second-order valence-corrected chi connectivity index (χ2v) is 3.77. The number of hydrogen-bond acceptors (Lipinski definition) is 4. The third-order valence-corrected chi connectivity index (χ3v) is 2.72. The summed E-state index contributed by atoms with van der Waals surface area (Å²) in [4.78, 5) is 13.9. The van der Waals surface area contributed by atoms with E-state index in [0.717, 1.165) is 11.3 Å². The Morgan fingerprint density at radius 1 is 1.57 bits per heavy atom. The van der Waals surface area contributed by atoms with E-state index in [0.29, 0.717) is 15.2 Å². The van der Waals surface area contributed by atoms with Crippen LogP contribution in [-0.4, -0.2) is 9.91 Å². The third-order valence-electron chi connectivity index (χ3n) is 1.74. The maximum absolute atomic E-state index is 12.2. The minimum atomic E-state index is -0.632. The van der Waals surface area contributed by atoms with Crippen molar-refractivity contribution in [2.24, 2.45) is 0 Å². The zero-order valence-electron chi connectivity index (χ0n) is 6.94. The highest BCUT2D eigenvalue weighted by Gasteiger charge is 2.09. The lowest BCUT2D eigenvalue weighted by Gasteiger charge is -1.89. The van der Waals surface area contributed by atoms with E-state index < -0.39 is 11.6 Å². The Hall–Kier alpha value is -1.56. The van der Waals surface area contributed by atoms with E-state index in [2.05, 4.69) is 4.98 Å². The summed E-state index contributed by atoms with van der Waals surface area (Å²) in [7, 11) is 0. The number of aromatic nitrogens is 1. The summed E-state index contributed by atoms with van der Waals surface area (Å²) in [5.41, 5.74) is 0.611. The van der Waals surface area contributed by atoms with E-state index in [1.165, 1.54) is 18.2 Å². The third kappa shape index (κ3) is 1.44. The number of hydrogen-bond donors (Lipinski definition) is 0. The van der Waals surface area contributed by atoms with Gasteiger partial charge in [-0.05, 0) is 6.07 Å². The summed E-state index contributed by atoms with van der Waals surface area (Å²) >= 11 is 1.14. The Morgan fingerprint density at radius 2 is 2.36 bits per heavy atom. The SMILES string of the molecule is O=[N+]([O-])c1ccc2nc(CF)sc2c1. The number of alkyl halides is 1. The summed E-state index contributed by atoms with van der Waals surface area (Å²) in [6, 6.07) is 4.30. The fraction of sp³-hybridized carbons (Fsp3) is 0.125. The zero-order chi connectivity index (χ0) is 10.1. The lowest BCUT2D eigenvalue weighted by molar-refractivity contribution is -0.384. The van der Waals surface area contributed by atoms with Crippen LogP contribution in [0, 0.1) is 10.1 Å². The van der Waals surface area contributed by atoms with Gasteiger partial charge in [-0.25, -0.2) is 9.37 Å². The number of non-ortho nitro benzene ring substituents is 1. The summed E-state index contributed by atoms with van der Waals surface area (Å²) in [6.45, 7) is -0.632. The van der Waals surface area contributed by atoms with Crippen LogP contribution in [-0.2, 0) is 6.67 Å². The van der Waals surface area contributed by atoms with E-state index >= 15 is 0 Å². The van der Waals surface area contributed by atoms with E-state index in [4.69, 9.17) is 0 Å². The molecule has 1 heterocycles. The van der Waals surface area contributed by atoms with Crippen LogP contribution in [0.3, 0.4) is 0 Å². The molecular weight excluding hydrogens is 207 g/mol. The first-order valence-corrected chi connectivity index (χ1v) is 4.62. The maximum atomic E-state index is 12.2. The van der Waals surface area contributed by atoms with E-state index in [1.807, 2.05) is 0 Å². The first-order valence-electron chi connectivity index (χ1n) is 3.80. The molecule has 0 spiro atoms. The molecule has 0 aliphatic rings. The zero-order valence-corrected chi connectivity index (χ0v) is 7.75. The Balaban J connectivity index is 2.59. The molecule has 72 valence electrons. The van der Waals surface area contributed by atoms with Crippen LogP contribution in [0.2, 0.25) is 0 Å². The molecule has 4 nitrogen and oxygen atoms in total. The van der Waals surface area contributed by atoms with Crippen LogP contribution in [0.15, 0.2) is 18.2 Å². The average molecular weight is 212 g/mol. The molecule has 0 saturated carbocycles. The Bertz CT molecular complexity index is 497. The Kier molecular flexibility index (Phi) is 2.12. The normalized spacial score (nSPS) is 10.6. The van der Waals surface area contributed by atoms with Gasteiger partial charge in [0, 0.05) is 12.1 Å². The molecule has 2 aromatic rings. The van der Waals surface area contributed by atoms with Gasteiger partial charge in [-0.2, -0.15) is 0 Å². The molecule has 0 saturated heterocycles. The molecule has 0 radical (unpaired) electrons. The molecular formula is C8H5FN2O2S. The van der Waals surface area contributed by atoms with Crippen LogP contribution in [0.1, 0.15) is 5.01 Å². The molecule has 0 aliphatic heterocycles. The molecule has 0 aliphatic carbocycles. The van der Waals surface area contributed by atoms with Crippen molar-refractivity contribution in [1.29, 1.82) is 0 Å². The molecule has 1 aromatic carbocycles. The van der Waals surface area contributed by atoms with Gasteiger partial charge in [-0.15, -0.1) is 11.3 Å².